The number of hydrogen-bond acceptors (Lipinski definition) is 1. The van der Waals surface area contributed by atoms with Crippen LogP contribution in [-0.2, 0) is 11.8 Å². The number of hydrogen-bond donors (Lipinski definition) is 0. The highest BCUT2D eigenvalue weighted by Crippen LogP contribution is 2.37. The van der Waals surface area contributed by atoms with E-state index in [0.717, 1.165) is 8.58 Å². The highest BCUT2D eigenvalue weighted by molar-refractivity contribution is 8.09. The molecule has 124 valence electrons. The fraction of sp³-hybridized carbons (Fsp3) is 0.400. The van der Waals surface area contributed by atoms with E-state index in [4.69, 9.17) is 11.8 Å². The van der Waals surface area contributed by atoms with Crippen LogP contribution in [0.25, 0.3) is 0 Å². The Kier molecular flexibility index (Phi) is 8.02. The predicted molar refractivity (Wildman–Crippen MR) is 114 cm³/mol. The van der Waals surface area contributed by atoms with Crippen LogP contribution in [0.4, 0.5) is 0 Å². The van der Waals surface area contributed by atoms with Gasteiger partial charge in [-0.3, -0.25) is 0 Å². The van der Waals surface area contributed by atoms with Gasteiger partial charge in [0.15, 0.2) is 17.1 Å². The Morgan fingerprint density at radius 1 is 0.739 bits per heavy atom. The molecule has 2 rings (SSSR count). The zero-order chi connectivity index (χ0) is 17.5. The summed E-state index contributed by atoms with van der Waals surface area (Å²) in [5.74, 6) is 0. The van der Waals surface area contributed by atoms with E-state index in [-0.39, 0.29) is 5.16 Å². The molecule has 0 amide bonds. The molecule has 0 nitrogen and oxygen atoms in total. The zero-order valence-corrected chi connectivity index (χ0v) is 17.8. The van der Waals surface area contributed by atoms with Crippen LogP contribution < -0.4 is 10.6 Å². The molecule has 3 heteroatoms. The second kappa shape index (κ2) is 9.03. The third-order valence-electron chi connectivity index (χ3n) is 2.89. The second-order valence-corrected chi connectivity index (χ2v) is 13.4. The van der Waals surface area contributed by atoms with Crippen molar-refractivity contribution in [2.75, 3.05) is 0 Å². The van der Waals surface area contributed by atoms with Gasteiger partial charge in [0.1, 0.15) is 5.16 Å². The minimum absolute atomic E-state index is 0.242. The molecule has 2 aromatic carbocycles. The van der Waals surface area contributed by atoms with Crippen molar-refractivity contribution >= 4 is 37.7 Å². The Morgan fingerprint density at radius 3 is 1.57 bits per heavy atom. The lowest BCUT2D eigenvalue weighted by Gasteiger charge is -2.17. The Morgan fingerprint density at radius 2 is 1.17 bits per heavy atom. The third-order valence-corrected chi connectivity index (χ3v) is 8.53. The second-order valence-electron chi connectivity index (χ2n) is 7.54. The van der Waals surface area contributed by atoms with E-state index in [2.05, 4.69) is 96.1 Å². The number of rotatable bonds is 2. The molecule has 2 unspecified atom stereocenters. The summed E-state index contributed by atoms with van der Waals surface area (Å²) < 4.78 is 0. The first-order valence-corrected chi connectivity index (χ1v) is 11.3. The van der Waals surface area contributed by atoms with Gasteiger partial charge in [-0.2, -0.15) is 0 Å². The largest absolute Gasteiger partial charge is 0.218 e. The van der Waals surface area contributed by atoms with E-state index in [1.807, 2.05) is 6.07 Å². The molecule has 0 bridgehead atoms. The summed E-state index contributed by atoms with van der Waals surface area (Å²) in [5, 5.41) is 3.45. The monoisotopic (exact) mass is 363 g/mol. The Balaban J connectivity index is 0.000000231. The van der Waals surface area contributed by atoms with Crippen LogP contribution in [0.1, 0.15) is 41.5 Å². The van der Waals surface area contributed by atoms with Gasteiger partial charge in [0.2, 0.25) is 6.70 Å². The van der Waals surface area contributed by atoms with E-state index in [1.165, 1.54) is 10.6 Å². The molecule has 0 fully saturated rings. The van der Waals surface area contributed by atoms with E-state index in [9.17, 15) is 0 Å². The van der Waals surface area contributed by atoms with E-state index < -0.39 is 6.70 Å². The molecule has 0 saturated carbocycles. The van der Waals surface area contributed by atoms with Gasteiger partial charge in [0, 0.05) is 0 Å². The van der Waals surface area contributed by atoms with Gasteiger partial charge in [-0.15, -0.1) is 0 Å². The highest BCUT2D eigenvalue weighted by Gasteiger charge is 2.30. The standard InChI is InChI=1S/C10H14PS.C10H15P/c1-10(2,3)11(12)9-7-5-4-6-8-9;1-10(2,3)11-9-7-5-4-6-8-9/h4-8H,1-3H3;4-8,11H,1-3H3/q+1;. The van der Waals surface area contributed by atoms with Crippen molar-refractivity contribution in [1.29, 1.82) is 0 Å². The highest BCUT2D eigenvalue weighted by atomic mass is 32.4. The van der Waals surface area contributed by atoms with Gasteiger partial charge in [0.25, 0.3) is 0 Å². The maximum absolute atomic E-state index is 5.51. The summed E-state index contributed by atoms with van der Waals surface area (Å²) >= 11 is 5.51. The lowest BCUT2D eigenvalue weighted by molar-refractivity contribution is 0.798. The van der Waals surface area contributed by atoms with Gasteiger partial charge in [0.05, 0.1) is 0 Å². The summed E-state index contributed by atoms with van der Waals surface area (Å²) in [6.07, 6.45) is 0. The molecule has 0 N–H and O–H groups in total. The molecule has 0 aliphatic carbocycles. The van der Waals surface area contributed by atoms with E-state index >= 15 is 0 Å². The van der Waals surface area contributed by atoms with Crippen LogP contribution in [0.15, 0.2) is 60.7 Å². The van der Waals surface area contributed by atoms with Gasteiger partial charge in [-0.1, -0.05) is 77.9 Å². The van der Waals surface area contributed by atoms with Crippen LogP contribution in [0, 0.1) is 0 Å². The van der Waals surface area contributed by atoms with E-state index in [0.29, 0.717) is 5.16 Å². The normalized spacial score (nSPS) is 12.7. The fourth-order valence-corrected chi connectivity index (χ4v) is 4.71. The van der Waals surface area contributed by atoms with Crippen LogP contribution in [0.3, 0.4) is 0 Å². The lowest BCUT2D eigenvalue weighted by Crippen LogP contribution is -2.13. The summed E-state index contributed by atoms with van der Waals surface area (Å²) in [6, 6.07) is 21.1. The summed E-state index contributed by atoms with van der Waals surface area (Å²) in [7, 11) is 0.914. The van der Waals surface area contributed by atoms with Crippen molar-refractivity contribution in [2.24, 2.45) is 0 Å². The molecular formula is C20H29P2S+. The van der Waals surface area contributed by atoms with Crippen LogP contribution >= 0.6 is 15.3 Å². The maximum Gasteiger partial charge on any atom is 0.218 e. The van der Waals surface area contributed by atoms with Crippen LogP contribution in [0.5, 0.6) is 0 Å². The van der Waals surface area contributed by atoms with E-state index in [1.54, 1.807) is 0 Å². The quantitative estimate of drug-likeness (QED) is 0.604. The predicted octanol–water partition coefficient (Wildman–Crippen LogP) is 5.84. The van der Waals surface area contributed by atoms with Gasteiger partial charge < -0.3 is 0 Å². The number of benzene rings is 2. The van der Waals surface area contributed by atoms with Crippen molar-refractivity contribution in [3.63, 3.8) is 0 Å². The molecule has 0 aliphatic heterocycles. The summed E-state index contributed by atoms with van der Waals surface area (Å²) in [4.78, 5) is 0. The minimum Gasteiger partial charge on any atom is -0.0849 e. The van der Waals surface area contributed by atoms with Crippen LogP contribution in [-0.4, -0.2) is 10.3 Å². The smallest absolute Gasteiger partial charge is 0.0849 e. The molecule has 2 atom stereocenters. The van der Waals surface area contributed by atoms with Gasteiger partial charge in [-0.25, -0.2) is 0 Å². The van der Waals surface area contributed by atoms with Crippen molar-refractivity contribution in [3.05, 3.63) is 60.7 Å². The molecule has 0 saturated heterocycles. The van der Waals surface area contributed by atoms with Crippen LogP contribution in [0.2, 0.25) is 0 Å². The molecule has 23 heavy (non-hydrogen) atoms. The molecule has 0 spiro atoms. The Hall–Kier alpha value is -0.610. The average molecular weight is 363 g/mol. The van der Waals surface area contributed by atoms with Crippen molar-refractivity contribution in [1.82, 2.24) is 0 Å². The maximum atomic E-state index is 5.51. The van der Waals surface area contributed by atoms with Crippen molar-refractivity contribution in [3.8, 4) is 0 Å². The van der Waals surface area contributed by atoms with Gasteiger partial charge >= 0.3 is 0 Å². The Bertz CT molecular complexity index is 593. The molecule has 0 aliphatic rings. The molecule has 2 aromatic rings. The molecular weight excluding hydrogens is 334 g/mol. The zero-order valence-electron chi connectivity index (χ0n) is 15.1. The fourth-order valence-electron chi connectivity index (χ4n) is 1.91. The SMILES string of the molecule is CC(C)(C)Pc1ccccc1.CC(C)(C)[P+](=S)c1ccccc1. The summed E-state index contributed by atoms with van der Waals surface area (Å²) in [6.45, 7) is 13.0. The Labute approximate surface area is 150 Å². The third kappa shape index (κ3) is 8.71. The summed E-state index contributed by atoms with van der Waals surface area (Å²) in [5.41, 5.74) is 0. The van der Waals surface area contributed by atoms with Crippen molar-refractivity contribution < 1.29 is 0 Å². The lowest BCUT2D eigenvalue weighted by atomic mass is 10.3. The molecule has 0 heterocycles. The topological polar surface area (TPSA) is 0 Å². The first kappa shape index (κ1) is 20.4. The molecule has 0 radical (unpaired) electrons. The minimum atomic E-state index is -0.433. The first-order valence-electron chi connectivity index (χ1n) is 7.95. The first-order chi connectivity index (χ1) is 10.6. The van der Waals surface area contributed by atoms with Gasteiger partial charge in [-0.05, 0) is 43.4 Å². The average Bonchev–Trinajstić information content (AvgIpc) is 2.46. The van der Waals surface area contributed by atoms with Crippen molar-refractivity contribution in [2.45, 2.75) is 51.9 Å². The molecule has 0 aromatic heterocycles.